The van der Waals surface area contributed by atoms with Gasteiger partial charge in [0.25, 0.3) is 0 Å². The minimum absolute atomic E-state index is 0.193. The summed E-state index contributed by atoms with van der Waals surface area (Å²) in [7, 11) is 3.90. The monoisotopic (exact) mass is 272 g/mol. The van der Waals surface area contributed by atoms with Crippen molar-refractivity contribution in [3.8, 4) is 5.75 Å². The van der Waals surface area contributed by atoms with Gasteiger partial charge in [0.15, 0.2) is 5.75 Å². The molecule has 0 fully saturated rings. The van der Waals surface area contributed by atoms with Crippen LogP contribution in [0.5, 0.6) is 5.75 Å². The summed E-state index contributed by atoms with van der Waals surface area (Å²) >= 11 is 0. The second-order valence-corrected chi connectivity index (χ2v) is 4.59. The number of nitrogens with one attached hydrogen (secondary N) is 1. The molecule has 6 heteroatoms. The first kappa shape index (κ1) is 13.7. The molecule has 1 aromatic heterocycles. The van der Waals surface area contributed by atoms with Crippen LogP contribution in [0.25, 0.3) is 10.9 Å². The fourth-order valence-corrected chi connectivity index (χ4v) is 1.95. The molecular formula is C13H15F3N2O. The van der Waals surface area contributed by atoms with Crippen LogP contribution in [0, 0.1) is 0 Å². The standard InChI is InChI=1S/C13H15F3N2O/c1-18(2)7-6-9-8-17-12-10(9)4-3-5-11(12)19-13(14,15)16/h3-5,8,17H,6-7H2,1-2H3. The molecule has 1 heterocycles. The number of aromatic amines is 1. The highest BCUT2D eigenvalue weighted by atomic mass is 19.4. The van der Waals surface area contributed by atoms with Crippen molar-refractivity contribution in [2.75, 3.05) is 20.6 Å². The molecule has 0 unspecified atom stereocenters. The van der Waals surface area contributed by atoms with Crippen molar-refractivity contribution in [3.63, 3.8) is 0 Å². The van der Waals surface area contributed by atoms with Crippen molar-refractivity contribution in [2.24, 2.45) is 0 Å². The summed E-state index contributed by atoms with van der Waals surface area (Å²) in [5.74, 6) is -0.193. The molecule has 1 aromatic carbocycles. The molecule has 0 atom stereocenters. The lowest BCUT2D eigenvalue weighted by molar-refractivity contribution is -0.274. The van der Waals surface area contributed by atoms with Crippen LogP contribution in [0.15, 0.2) is 24.4 Å². The summed E-state index contributed by atoms with van der Waals surface area (Å²) in [4.78, 5) is 4.88. The topological polar surface area (TPSA) is 28.3 Å². The molecule has 0 spiro atoms. The van der Waals surface area contributed by atoms with E-state index in [1.807, 2.05) is 19.0 Å². The SMILES string of the molecule is CN(C)CCc1c[nH]c2c(OC(F)(F)F)cccc12. The van der Waals surface area contributed by atoms with Crippen LogP contribution in [0.2, 0.25) is 0 Å². The van der Waals surface area contributed by atoms with Gasteiger partial charge in [-0.1, -0.05) is 12.1 Å². The van der Waals surface area contributed by atoms with E-state index in [9.17, 15) is 13.2 Å². The summed E-state index contributed by atoms with van der Waals surface area (Å²) in [6.07, 6.45) is -2.18. The molecule has 3 nitrogen and oxygen atoms in total. The lowest BCUT2D eigenvalue weighted by Crippen LogP contribution is -2.17. The quantitative estimate of drug-likeness (QED) is 0.926. The van der Waals surface area contributed by atoms with Crippen LogP contribution in [-0.4, -0.2) is 36.9 Å². The van der Waals surface area contributed by atoms with Crippen LogP contribution >= 0.6 is 0 Å². The first-order chi connectivity index (χ1) is 8.87. The number of halogens is 3. The number of H-pyrrole nitrogens is 1. The Hall–Kier alpha value is -1.69. The number of fused-ring (bicyclic) bond motifs is 1. The van der Waals surface area contributed by atoms with Gasteiger partial charge in [-0.15, -0.1) is 13.2 Å². The Kier molecular flexibility index (Phi) is 3.71. The van der Waals surface area contributed by atoms with E-state index >= 15 is 0 Å². The van der Waals surface area contributed by atoms with Gasteiger partial charge in [-0.2, -0.15) is 0 Å². The van der Waals surface area contributed by atoms with Gasteiger partial charge in [-0.3, -0.25) is 0 Å². The highest BCUT2D eigenvalue weighted by Gasteiger charge is 2.32. The van der Waals surface area contributed by atoms with E-state index in [0.717, 1.165) is 23.9 Å². The van der Waals surface area contributed by atoms with Crippen LogP contribution < -0.4 is 4.74 Å². The van der Waals surface area contributed by atoms with E-state index in [-0.39, 0.29) is 5.75 Å². The third-order valence-corrected chi connectivity index (χ3v) is 2.82. The van der Waals surface area contributed by atoms with Gasteiger partial charge >= 0.3 is 6.36 Å². The van der Waals surface area contributed by atoms with Gasteiger partial charge in [0.1, 0.15) is 0 Å². The number of hydrogen-bond donors (Lipinski definition) is 1. The Labute approximate surface area is 109 Å². The predicted octanol–water partition coefficient (Wildman–Crippen LogP) is 3.17. The number of para-hydroxylation sites is 1. The Balaban J connectivity index is 2.31. The number of aromatic nitrogens is 1. The van der Waals surface area contributed by atoms with E-state index in [1.165, 1.54) is 6.07 Å². The fraction of sp³-hybridized carbons (Fsp3) is 0.385. The largest absolute Gasteiger partial charge is 0.573 e. The predicted molar refractivity (Wildman–Crippen MR) is 67.2 cm³/mol. The number of hydrogen-bond acceptors (Lipinski definition) is 2. The van der Waals surface area contributed by atoms with Gasteiger partial charge in [-0.25, -0.2) is 0 Å². The zero-order valence-electron chi connectivity index (χ0n) is 10.7. The minimum atomic E-state index is -4.68. The number of nitrogens with zero attached hydrogens (tertiary/aromatic N) is 1. The maximum absolute atomic E-state index is 12.3. The van der Waals surface area contributed by atoms with E-state index in [4.69, 9.17) is 0 Å². The highest BCUT2D eigenvalue weighted by molar-refractivity contribution is 5.88. The second-order valence-electron chi connectivity index (χ2n) is 4.59. The Bertz CT molecular complexity index is 561. The van der Waals surface area contributed by atoms with Gasteiger partial charge < -0.3 is 14.6 Å². The van der Waals surface area contributed by atoms with Crippen molar-refractivity contribution in [1.82, 2.24) is 9.88 Å². The molecule has 0 bridgehead atoms. The van der Waals surface area contributed by atoms with E-state index in [1.54, 1.807) is 18.3 Å². The summed E-state index contributed by atoms with van der Waals surface area (Å²) in [5, 5.41) is 0.767. The lowest BCUT2D eigenvalue weighted by atomic mass is 10.1. The third kappa shape index (κ3) is 3.41. The van der Waals surface area contributed by atoms with E-state index in [2.05, 4.69) is 9.72 Å². The number of benzene rings is 1. The molecule has 104 valence electrons. The van der Waals surface area contributed by atoms with Crippen LogP contribution in [0.1, 0.15) is 5.56 Å². The maximum atomic E-state index is 12.3. The van der Waals surface area contributed by atoms with E-state index < -0.39 is 6.36 Å². The summed E-state index contributed by atoms with van der Waals surface area (Å²) in [6.45, 7) is 0.831. The Morgan fingerprint density at radius 3 is 2.63 bits per heavy atom. The number of ether oxygens (including phenoxy) is 1. The van der Waals surface area contributed by atoms with Crippen molar-refractivity contribution < 1.29 is 17.9 Å². The second kappa shape index (κ2) is 5.13. The molecule has 2 rings (SSSR count). The number of rotatable bonds is 4. The summed E-state index contributed by atoms with van der Waals surface area (Å²) in [5.41, 5.74) is 1.37. The molecule has 0 aliphatic heterocycles. The fourth-order valence-electron chi connectivity index (χ4n) is 1.95. The normalized spacial score (nSPS) is 12.3. The lowest BCUT2D eigenvalue weighted by Gasteiger charge is -2.10. The molecule has 1 N–H and O–H groups in total. The molecule has 0 aliphatic rings. The molecule has 19 heavy (non-hydrogen) atoms. The first-order valence-electron chi connectivity index (χ1n) is 5.86. The first-order valence-corrected chi connectivity index (χ1v) is 5.86. The maximum Gasteiger partial charge on any atom is 0.573 e. The Morgan fingerprint density at radius 1 is 1.26 bits per heavy atom. The van der Waals surface area contributed by atoms with Crippen LogP contribution in [0.3, 0.4) is 0 Å². The third-order valence-electron chi connectivity index (χ3n) is 2.82. The van der Waals surface area contributed by atoms with Crippen LogP contribution in [-0.2, 0) is 6.42 Å². The smallest absolute Gasteiger partial charge is 0.404 e. The van der Waals surface area contributed by atoms with Gasteiger partial charge in [0.05, 0.1) is 5.52 Å². The van der Waals surface area contributed by atoms with Gasteiger partial charge in [0, 0.05) is 18.1 Å². The van der Waals surface area contributed by atoms with Gasteiger partial charge in [-0.05, 0) is 32.1 Å². The average molecular weight is 272 g/mol. The minimum Gasteiger partial charge on any atom is -0.404 e. The van der Waals surface area contributed by atoms with E-state index in [0.29, 0.717) is 5.52 Å². The zero-order valence-corrected chi connectivity index (χ0v) is 10.7. The summed E-state index contributed by atoms with van der Waals surface area (Å²) in [6, 6.07) is 4.67. The molecule has 0 saturated heterocycles. The zero-order chi connectivity index (χ0) is 14.0. The number of alkyl halides is 3. The molecule has 0 radical (unpaired) electrons. The Morgan fingerprint density at radius 2 is 2.00 bits per heavy atom. The summed E-state index contributed by atoms with van der Waals surface area (Å²) < 4.78 is 40.9. The van der Waals surface area contributed by atoms with Crippen molar-refractivity contribution >= 4 is 10.9 Å². The molecule has 2 aromatic rings. The van der Waals surface area contributed by atoms with Crippen LogP contribution in [0.4, 0.5) is 13.2 Å². The van der Waals surface area contributed by atoms with Crippen molar-refractivity contribution in [3.05, 3.63) is 30.0 Å². The van der Waals surface area contributed by atoms with Gasteiger partial charge in [0.2, 0.25) is 0 Å². The molecule has 0 saturated carbocycles. The highest BCUT2D eigenvalue weighted by Crippen LogP contribution is 2.31. The molecule has 0 aliphatic carbocycles. The van der Waals surface area contributed by atoms with Crippen molar-refractivity contribution in [1.29, 1.82) is 0 Å². The average Bonchev–Trinajstić information content (AvgIpc) is 2.68. The molecular weight excluding hydrogens is 257 g/mol. The molecule has 0 amide bonds. The van der Waals surface area contributed by atoms with Crippen molar-refractivity contribution in [2.45, 2.75) is 12.8 Å². The number of likely N-dealkylation sites (N-methyl/N-ethyl adjacent to an activating group) is 1.